The summed E-state index contributed by atoms with van der Waals surface area (Å²) in [4.78, 5) is 9.38. The van der Waals surface area contributed by atoms with E-state index in [1.54, 1.807) is 0 Å². The van der Waals surface area contributed by atoms with E-state index in [0.717, 1.165) is 57.3 Å². The normalized spacial score (nSPS) is 20.2. The van der Waals surface area contributed by atoms with Crippen molar-refractivity contribution in [3.05, 3.63) is 11.7 Å². The molecule has 2 heterocycles. The fraction of sp³-hybridized carbons (Fsp3) is 0.846. The smallest absolute Gasteiger partial charge is 0.243 e. The zero-order valence-corrected chi connectivity index (χ0v) is 11.7. The van der Waals surface area contributed by atoms with E-state index in [4.69, 9.17) is 4.52 Å². The predicted molar refractivity (Wildman–Crippen MR) is 70.4 cm³/mol. The molecule has 1 saturated heterocycles. The summed E-state index contributed by atoms with van der Waals surface area (Å²) in [6.45, 7) is 12.1. The number of hydrogen-bond donors (Lipinski definition) is 0. The average molecular weight is 252 g/mol. The Labute approximate surface area is 109 Å². The lowest BCUT2D eigenvalue weighted by molar-refractivity contribution is 0.0914. The molecule has 1 aliphatic rings. The zero-order chi connectivity index (χ0) is 13.0. The van der Waals surface area contributed by atoms with Crippen LogP contribution < -0.4 is 0 Å². The van der Waals surface area contributed by atoms with Crippen LogP contribution in [0.4, 0.5) is 0 Å². The topological polar surface area (TPSA) is 45.4 Å². The number of rotatable bonds is 5. The van der Waals surface area contributed by atoms with Crippen LogP contribution in [0.15, 0.2) is 4.52 Å². The first-order valence-corrected chi connectivity index (χ1v) is 7.03. The molecule has 1 atom stereocenters. The highest BCUT2D eigenvalue weighted by Crippen LogP contribution is 2.20. The van der Waals surface area contributed by atoms with Crippen molar-refractivity contribution < 1.29 is 4.52 Å². The van der Waals surface area contributed by atoms with E-state index >= 15 is 0 Å². The Bertz CT molecular complexity index is 358. The van der Waals surface area contributed by atoms with Crippen molar-refractivity contribution in [2.24, 2.45) is 0 Å². The molecule has 0 spiro atoms. The van der Waals surface area contributed by atoms with Gasteiger partial charge in [-0.2, -0.15) is 4.98 Å². The maximum Gasteiger partial charge on any atom is 0.243 e. The van der Waals surface area contributed by atoms with Gasteiger partial charge in [-0.15, -0.1) is 0 Å². The Kier molecular flexibility index (Phi) is 4.72. The van der Waals surface area contributed by atoms with Crippen molar-refractivity contribution in [1.82, 2.24) is 19.9 Å². The fourth-order valence-electron chi connectivity index (χ4n) is 2.39. The van der Waals surface area contributed by atoms with E-state index in [1.165, 1.54) is 0 Å². The van der Waals surface area contributed by atoms with Gasteiger partial charge >= 0.3 is 0 Å². The molecule has 102 valence electrons. The first-order valence-electron chi connectivity index (χ1n) is 7.03. The molecule has 0 bridgehead atoms. The van der Waals surface area contributed by atoms with Gasteiger partial charge < -0.3 is 9.42 Å². The Morgan fingerprint density at radius 1 is 1.22 bits per heavy atom. The highest BCUT2D eigenvalue weighted by molar-refractivity contribution is 4.93. The van der Waals surface area contributed by atoms with Gasteiger partial charge in [-0.05, 0) is 19.9 Å². The lowest BCUT2D eigenvalue weighted by atomic mass is 10.2. The van der Waals surface area contributed by atoms with Crippen LogP contribution in [0.3, 0.4) is 0 Å². The minimum absolute atomic E-state index is 0.238. The molecule has 2 rings (SSSR count). The Morgan fingerprint density at radius 2 is 1.94 bits per heavy atom. The summed E-state index contributed by atoms with van der Waals surface area (Å²) >= 11 is 0. The van der Waals surface area contributed by atoms with Crippen LogP contribution >= 0.6 is 0 Å². The van der Waals surface area contributed by atoms with Gasteiger partial charge in [-0.1, -0.05) is 19.0 Å². The largest absolute Gasteiger partial charge is 0.338 e. The molecule has 0 radical (unpaired) electrons. The molecule has 1 aromatic heterocycles. The standard InChI is InChI=1S/C13H24N4O/c1-4-6-12-14-13(18-15-12)11(3)17-9-7-16(5-2)8-10-17/h11H,4-10H2,1-3H3/t11-/m0/s1. The van der Waals surface area contributed by atoms with Gasteiger partial charge in [-0.25, -0.2) is 0 Å². The lowest BCUT2D eigenvalue weighted by Gasteiger charge is -2.36. The van der Waals surface area contributed by atoms with Gasteiger partial charge in [0, 0.05) is 32.6 Å². The van der Waals surface area contributed by atoms with Crippen LogP contribution in [0.1, 0.15) is 44.9 Å². The maximum atomic E-state index is 5.37. The van der Waals surface area contributed by atoms with E-state index in [9.17, 15) is 0 Å². The van der Waals surface area contributed by atoms with Gasteiger partial charge in [0.15, 0.2) is 5.82 Å². The van der Waals surface area contributed by atoms with Crippen LogP contribution in [0, 0.1) is 0 Å². The molecule has 0 amide bonds. The Morgan fingerprint density at radius 3 is 2.56 bits per heavy atom. The molecule has 0 aliphatic carbocycles. The third-order valence-electron chi connectivity index (χ3n) is 3.72. The zero-order valence-electron chi connectivity index (χ0n) is 11.7. The minimum Gasteiger partial charge on any atom is -0.338 e. The van der Waals surface area contributed by atoms with E-state index < -0.39 is 0 Å². The van der Waals surface area contributed by atoms with Crippen LogP contribution in [0.5, 0.6) is 0 Å². The summed E-state index contributed by atoms with van der Waals surface area (Å²) < 4.78 is 5.37. The van der Waals surface area contributed by atoms with Crippen LogP contribution in [-0.4, -0.2) is 52.7 Å². The third-order valence-corrected chi connectivity index (χ3v) is 3.72. The van der Waals surface area contributed by atoms with E-state index in [2.05, 4.69) is 40.7 Å². The maximum absolute atomic E-state index is 5.37. The molecule has 5 nitrogen and oxygen atoms in total. The highest BCUT2D eigenvalue weighted by atomic mass is 16.5. The fourth-order valence-corrected chi connectivity index (χ4v) is 2.39. The Hall–Kier alpha value is -0.940. The number of likely N-dealkylation sites (N-methyl/N-ethyl adjacent to an activating group) is 1. The van der Waals surface area contributed by atoms with Gasteiger partial charge in [0.1, 0.15) is 0 Å². The van der Waals surface area contributed by atoms with Crippen LogP contribution in [0.25, 0.3) is 0 Å². The molecule has 0 saturated carbocycles. The number of aromatic nitrogens is 2. The molecule has 0 aromatic carbocycles. The molecule has 1 aliphatic heterocycles. The number of hydrogen-bond acceptors (Lipinski definition) is 5. The highest BCUT2D eigenvalue weighted by Gasteiger charge is 2.24. The molecule has 5 heteroatoms. The molecular formula is C13H24N4O. The van der Waals surface area contributed by atoms with Crippen molar-refractivity contribution in [3.8, 4) is 0 Å². The summed E-state index contributed by atoms with van der Waals surface area (Å²) in [6, 6.07) is 0.238. The minimum atomic E-state index is 0.238. The first kappa shape index (κ1) is 13.5. The van der Waals surface area contributed by atoms with Crippen molar-refractivity contribution >= 4 is 0 Å². The van der Waals surface area contributed by atoms with Gasteiger partial charge in [-0.3, -0.25) is 4.90 Å². The predicted octanol–water partition coefficient (Wildman–Crippen LogP) is 1.72. The Balaban J connectivity index is 1.92. The summed E-state index contributed by atoms with van der Waals surface area (Å²) in [5.41, 5.74) is 0. The number of nitrogens with zero attached hydrogens (tertiary/aromatic N) is 4. The lowest BCUT2D eigenvalue weighted by Crippen LogP contribution is -2.46. The third kappa shape index (κ3) is 3.09. The number of piperazine rings is 1. The van der Waals surface area contributed by atoms with E-state index in [1.807, 2.05) is 0 Å². The van der Waals surface area contributed by atoms with Crippen LogP contribution in [0.2, 0.25) is 0 Å². The summed E-state index contributed by atoms with van der Waals surface area (Å²) in [5.74, 6) is 1.61. The van der Waals surface area contributed by atoms with Crippen molar-refractivity contribution in [3.63, 3.8) is 0 Å². The average Bonchev–Trinajstić information content (AvgIpc) is 2.87. The SMILES string of the molecule is CCCc1noc([C@H](C)N2CCN(CC)CC2)n1. The second kappa shape index (κ2) is 6.29. The summed E-state index contributed by atoms with van der Waals surface area (Å²) in [7, 11) is 0. The van der Waals surface area contributed by atoms with E-state index in [-0.39, 0.29) is 6.04 Å². The molecular weight excluding hydrogens is 228 g/mol. The second-order valence-electron chi connectivity index (χ2n) is 4.95. The second-order valence-corrected chi connectivity index (χ2v) is 4.95. The van der Waals surface area contributed by atoms with Gasteiger partial charge in [0.05, 0.1) is 6.04 Å². The van der Waals surface area contributed by atoms with Crippen molar-refractivity contribution in [2.45, 2.75) is 39.7 Å². The van der Waals surface area contributed by atoms with Gasteiger partial charge in [0.2, 0.25) is 5.89 Å². The molecule has 0 unspecified atom stereocenters. The monoisotopic (exact) mass is 252 g/mol. The quantitative estimate of drug-likeness (QED) is 0.798. The van der Waals surface area contributed by atoms with Crippen molar-refractivity contribution in [1.29, 1.82) is 0 Å². The van der Waals surface area contributed by atoms with Crippen molar-refractivity contribution in [2.75, 3.05) is 32.7 Å². The molecule has 0 N–H and O–H groups in total. The first-order chi connectivity index (χ1) is 8.74. The molecule has 1 aromatic rings. The van der Waals surface area contributed by atoms with Crippen LogP contribution in [-0.2, 0) is 6.42 Å². The van der Waals surface area contributed by atoms with E-state index in [0.29, 0.717) is 0 Å². The summed E-state index contributed by atoms with van der Waals surface area (Å²) in [6.07, 6.45) is 1.96. The molecule has 1 fully saturated rings. The summed E-state index contributed by atoms with van der Waals surface area (Å²) in [5, 5.41) is 4.03. The van der Waals surface area contributed by atoms with Gasteiger partial charge in [0.25, 0.3) is 0 Å². The molecule has 18 heavy (non-hydrogen) atoms. The number of aryl methyl sites for hydroxylation is 1.